The van der Waals surface area contributed by atoms with E-state index in [0.29, 0.717) is 11.3 Å². The highest BCUT2D eigenvalue weighted by Gasteiger charge is 2.21. The molecule has 1 aliphatic rings. The molecule has 2 amide bonds. The zero-order valence-corrected chi connectivity index (χ0v) is 17.7. The third-order valence-electron chi connectivity index (χ3n) is 5.27. The topological polar surface area (TPSA) is 93.7 Å². The Balaban J connectivity index is 1.56. The number of carbonyl (C=O) groups excluding carboxylic acids is 3. The van der Waals surface area contributed by atoms with E-state index in [4.69, 9.17) is 9.47 Å². The van der Waals surface area contributed by atoms with Crippen LogP contribution in [0.15, 0.2) is 48.5 Å². The molecule has 1 fully saturated rings. The molecule has 2 aromatic carbocycles. The van der Waals surface area contributed by atoms with E-state index in [1.165, 1.54) is 18.6 Å². The minimum absolute atomic E-state index is 0.0515. The molecule has 0 unspecified atom stereocenters. The quantitative estimate of drug-likeness (QED) is 0.498. The fraction of sp³-hybridized carbons (Fsp3) is 0.375. The number of nitrogens with one attached hydrogen (secondary N) is 2. The van der Waals surface area contributed by atoms with Crippen LogP contribution >= 0.6 is 0 Å². The lowest BCUT2D eigenvalue weighted by Gasteiger charge is -2.21. The van der Waals surface area contributed by atoms with E-state index < -0.39 is 6.16 Å². The molecular weight excluding hydrogens is 396 g/mol. The summed E-state index contributed by atoms with van der Waals surface area (Å²) in [6, 6.07) is 13.7. The van der Waals surface area contributed by atoms with Crippen LogP contribution in [0.4, 0.5) is 10.5 Å². The van der Waals surface area contributed by atoms with Crippen LogP contribution in [-0.2, 0) is 16.1 Å². The van der Waals surface area contributed by atoms with Gasteiger partial charge in [0.2, 0.25) is 5.91 Å². The molecule has 0 saturated heterocycles. The summed E-state index contributed by atoms with van der Waals surface area (Å²) in [6.07, 6.45) is 4.47. The molecule has 0 spiro atoms. The summed E-state index contributed by atoms with van der Waals surface area (Å²) in [4.78, 5) is 36.4. The highest BCUT2D eigenvalue weighted by molar-refractivity contribution is 5.95. The average Bonchev–Trinajstić information content (AvgIpc) is 2.79. The van der Waals surface area contributed by atoms with Crippen LogP contribution in [-0.4, -0.2) is 24.6 Å². The Morgan fingerprint density at radius 3 is 2.39 bits per heavy atom. The van der Waals surface area contributed by atoms with Gasteiger partial charge in [0.25, 0.3) is 5.91 Å². The lowest BCUT2D eigenvalue weighted by atomic mass is 9.88. The molecule has 7 nitrogen and oxygen atoms in total. The second-order valence-corrected chi connectivity index (χ2v) is 7.47. The van der Waals surface area contributed by atoms with Crippen molar-refractivity contribution >= 4 is 23.7 Å². The van der Waals surface area contributed by atoms with Crippen molar-refractivity contribution in [2.24, 2.45) is 5.92 Å². The molecule has 0 heterocycles. The summed E-state index contributed by atoms with van der Waals surface area (Å²) in [5.74, 6) is 0.143. The van der Waals surface area contributed by atoms with E-state index in [-0.39, 0.29) is 30.9 Å². The van der Waals surface area contributed by atoms with Crippen molar-refractivity contribution in [3.05, 3.63) is 59.7 Å². The van der Waals surface area contributed by atoms with Crippen molar-refractivity contribution in [1.29, 1.82) is 0 Å². The van der Waals surface area contributed by atoms with Crippen molar-refractivity contribution in [2.45, 2.75) is 45.6 Å². The maximum Gasteiger partial charge on any atom is 0.513 e. The van der Waals surface area contributed by atoms with Crippen LogP contribution in [0.5, 0.6) is 5.75 Å². The van der Waals surface area contributed by atoms with Crippen molar-refractivity contribution in [2.75, 3.05) is 11.9 Å². The Morgan fingerprint density at radius 1 is 0.968 bits per heavy atom. The standard InChI is InChI=1S/C24H28N2O5/c1-2-30-24(29)31-20-14-12-18(13-15-20)22(27)25-16-19-10-6-7-11-21(19)26-23(28)17-8-4-3-5-9-17/h6-7,10-15,17H,2-5,8-9,16H2,1H3,(H,25,27)(H,26,28). The van der Waals surface area contributed by atoms with Gasteiger partial charge >= 0.3 is 6.16 Å². The third kappa shape index (κ3) is 6.57. The molecule has 0 aliphatic heterocycles. The highest BCUT2D eigenvalue weighted by atomic mass is 16.7. The first-order valence-electron chi connectivity index (χ1n) is 10.7. The van der Waals surface area contributed by atoms with Gasteiger partial charge in [0, 0.05) is 23.7 Å². The first-order chi connectivity index (χ1) is 15.1. The van der Waals surface area contributed by atoms with Gasteiger partial charge in [-0.15, -0.1) is 0 Å². The number of hydrogen-bond donors (Lipinski definition) is 2. The lowest BCUT2D eigenvalue weighted by Crippen LogP contribution is -2.27. The summed E-state index contributed by atoms with van der Waals surface area (Å²) in [5.41, 5.74) is 1.98. The maximum atomic E-state index is 12.6. The van der Waals surface area contributed by atoms with Crippen LogP contribution in [0.3, 0.4) is 0 Å². The van der Waals surface area contributed by atoms with Crippen molar-refractivity contribution in [1.82, 2.24) is 5.32 Å². The van der Waals surface area contributed by atoms with Crippen molar-refractivity contribution < 1.29 is 23.9 Å². The summed E-state index contributed by atoms with van der Waals surface area (Å²) in [6.45, 7) is 2.19. The Labute approximate surface area is 182 Å². The molecule has 0 bridgehead atoms. The van der Waals surface area contributed by atoms with Crippen LogP contribution in [0.25, 0.3) is 0 Å². The van der Waals surface area contributed by atoms with Gasteiger partial charge in [0.1, 0.15) is 5.75 Å². The first-order valence-corrected chi connectivity index (χ1v) is 10.7. The van der Waals surface area contributed by atoms with Crippen molar-refractivity contribution in [3.8, 4) is 5.75 Å². The fourth-order valence-electron chi connectivity index (χ4n) is 3.59. The van der Waals surface area contributed by atoms with E-state index >= 15 is 0 Å². The summed E-state index contributed by atoms with van der Waals surface area (Å²) in [5, 5.41) is 5.90. The SMILES string of the molecule is CCOC(=O)Oc1ccc(C(=O)NCc2ccccc2NC(=O)C2CCCCC2)cc1. The van der Waals surface area contributed by atoms with Gasteiger partial charge in [0.05, 0.1) is 6.61 Å². The zero-order valence-electron chi connectivity index (χ0n) is 17.7. The maximum absolute atomic E-state index is 12.6. The van der Waals surface area contributed by atoms with Gasteiger partial charge in [-0.25, -0.2) is 4.79 Å². The molecule has 2 N–H and O–H groups in total. The Hall–Kier alpha value is -3.35. The number of ether oxygens (including phenoxy) is 2. The number of hydrogen-bond acceptors (Lipinski definition) is 5. The van der Waals surface area contributed by atoms with Gasteiger partial charge in [-0.3, -0.25) is 9.59 Å². The monoisotopic (exact) mass is 424 g/mol. The summed E-state index contributed by atoms with van der Waals surface area (Å²) in [7, 11) is 0. The molecular formula is C24H28N2O5. The predicted octanol–water partition coefficient (Wildman–Crippen LogP) is 4.67. The van der Waals surface area contributed by atoms with E-state index in [9.17, 15) is 14.4 Å². The van der Waals surface area contributed by atoms with Gasteiger partial charge < -0.3 is 20.1 Å². The second-order valence-electron chi connectivity index (χ2n) is 7.47. The molecule has 164 valence electrons. The highest BCUT2D eigenvalue weighted by Crippen LogP contribution is 2.26. The number of anilines is 1. The minimum Gasteiger partial charge on any atom is -0.434 e. The normalized spacial score (nSPS) is 13.8. The molecule has 2 aromatic rings. The zero-order chi connectivity index (χ0) is 22.1. The largest absolute Gasteiger partial charge is 0.513 e. The fourth-order valence-corrected chi connectivity index (χ4v) is 3.59. The van der Waals surface area contributed by atoms with E-state index in [2.05, 4.69) is 10.6 Å². The van der Waals surface area contributed by atoms with Crippen LogP contribution in [0.1, 0.15) is 54.9 Å². The number of amides is 2. The number of benzene rings is 2. The second kappa shape index (κ2) is 11.2. The summed E-state index contributed by atoms with van der Waals surface area (Å²) < 4.78 is 9.71. The smallest absolute Gasteiger partial charge is 0.434 e. The average molecular weight is 424 g/mol. The number of carbonyl (C=O) groups is 3. The Kier molecular flexibility index (Phi) is 8.04. The number of rotatable bonds is 7. The van der Waals surface area contributed by atoms with Gasteiger partial charge in [-0.05, 0) is 55.7 Å². The van der Waals surface area contributed by atoms with Gasteiger partial charge in [-0.1, -0.05) is 37.5 Å². The van der Waals surface area contributed by atoms with Crippen LogP contribution < -0.4 is 15.4 Å². The first kappa shape index (κ1) is 22.3. The predicted molar refractivity (Wildman–Crippen MR) is 117 cm³/mol. The summed E-state index contributed by atoms with van der Waals surface area (Å²) >= 11 is 0. The van der Waals surface area contributed by atoms with Crippen LogP contribution in [0.2, 0.25) is 0 Å². The molecule has 0 atom stereocenters. The molecule has 3 rings (SSSR count). The van der Waals surface area contributed by atoms with Gasteiger partial charge in [0.15, 0.2) is 0 Å². The van der Waals surface area contributed by atoms with E-state index in [1.807, 2.05) is 24.3 Å². The van der Waals surface area contributed by atoms with Gasteiger partial charge in [-0.2, -0.15) is 0 Å². The molecule has 31 heavy (non-hydrogen) atoms. The third-order valence-corrected chi connectivity index (χ3v) is 5.27. The molecule has 1 aliphatic carbocycles. The van der Waals surface area contributed by atoms with Crippen LogP contribution in [0, 0.1) is 5.92 Å². The van der Waals surface area contributed by atoms with E-state index in [1.54, 1.807) is 19.1 Å². The Morgan fingerprint density at radius 2 is 1.68 bits per heavy atom. The molecule has 0 aromatic heterocycles. The van der Waals surface area contributed by atoms with Crippen molar-refractivity contribution in [3.63, 3.8) is 0 Å². The van der Waals surface area contributed by atoms with E-state index in [0.717, 1.165) is 36.9 Å². The minimum atomic E-state index is -0.786. The molecule has 1 saturated carbocycles. The number of para-hydroxylation sites is 1. The lowest BCUT2D eigenvalue weighted by molar-refractivity contribution is -0.120. The molecule has 0 radical (unpaired) electrons. The Bertz CT molecular complexity index is 904. The molecule has 7 heteroatoms.